The summed E-state index contributed by atoms with van der Waals surface area (Å²) in [7, 11) is 1.63. The Morgan fingerprint density at radius 1 is 1.59 bits per heavy atom. The van der Waals surface area contributed by atoms with Gasteiger partial charge in [0.2, 0.25) is 5.91 Å². The van der Waals surface area contributed by atoms with E-state index in [2.05, 4.69) is 16.7 Å². The van der Waals surface area contributed by atoms with Gasteiger partial charge in [0.15, 0.2) is 0 Å². The summed E-state index contributed by atoms with van der Waals surface area (Å²) in [5, 5.41) is 6.21. The van der Waals surface area contributed by atoms with Crippen molar-refractivity contribution in [3.05, 3.63) is 11.6 Å². The first-order valence-electron chi connectivity index (χ1n) is 6.24. The van der Waals surface area contributed by atoms with Crippen molar-refractivity contribution in [3.8, 4) is 0 Å². The van der Waals surface area contributed by atoms with Crippen molar-refractivity contribution in [1.29, 1.82) is 0 Å². The topological polar surface area (TPSA) is 50.4 Å². The van der Waals surface area contributed by atoms with Crippen molar-refractivity contribution in [2.45, 2.75) is 38.7 Å². The zero-order valence-corrected chi connectivity index (χ0v) is 11.1. The van der Waals surface area contributed by atoms with Crippen LogP contribution in [0.5, 0.6) is 0 Å². The first-order chi connectivity index (χ1) is 8.03. The lowest BCUT2D eigenvalue weighted by atomic mass is 10.0. The quantitative estimate of drug-likeness (QED) is 0.687. The molecule has 0 unspecified atom stereocenters. The van der Waals surface area contributed by atoms with Gasteiger partial charge >= 0.3 is 0 Å². The van der Waals surface area contributed by atoms with Crippen LogP contribution < -0.4 is 10.6 Å². The molecule has 1 rings (SSSR count). The van der Waals surface area contributed by atoms with E-state index in [-0.39, 0.29) is 11.5 Å². The van der Waals surface area contributed by atoms with Crippen LogP contribution in [0, 0.1) is 0 Å². The number of amides is 1. The van der Waals surface area contributed by atoms with Crippen LogP contribution in [0.2, 0.25) is 0 Å². The van der Waals surface area contributed by atoms with E-state index < -0.39 is 0 Å². The summed E-state index contributed by atoms with van der Waals surface area (Å²) >= 11 is 0. The molecule has 1 aliphatic heterocycles. The van der Waals surface area contributed by atoms with E-state index in [1.54, 1.807) is 7.11 Å². The van der Waals surface area contributed by atoms with Gasteiger partial charge in [0.1, 0.15) is 0 Å². The Morgan fingerprint density at radius 2 is 2.35 bits per heavy atom. The SMILES string of the molecule is COC(C)(C)CC(=O)NCCC1=CCNCC1. The molecule has 0 radical (unpaired) electrons. The van der Waals surface area contributed by atoms with Crippen molar-refractivity contribution >= 4 is 5.91 Å². The molecule has 0 atom stereocenters. The minimum Gasteiger partial charge on any atom is -0.378 e. The van der Waals surface area contributed by atoms with Gasteiger partial charge in [-0.3, -0.25) is 4.79 Å². The highest BCUT2D eigenvalue weighted by Crippen LogP contribution is 2.12. The highest BCUT2D eigenvalue weighted by atomic mass is 16.5. The number of nitrogens with one attached hydrogen (secondary N) is 2. The Morgan fingerprint density at radius 3 is 2.94 bits per heavy atom. The Hall–Kier alpha value is -0.870. The fourth-order valence-corrected chi connectivity index (χ4v) is 1.78. The lowest BCUT2D eigenvalue weighted by Gasteiger charge is -2.22. The van der Waals surface area contributed by atoms with E-state index in [1.165, 1.54) is 5.57 Å². The predicted octanol–water partition coefficient (Wildman–Crippen LogP) is 1.23. The van der Waals surface area contributed by atoms with Crippen molar-refractivity contribution in [2.75, 3.05) is 26.7 Å². The van der Waals surface area contributed by atoms with Crippen LogP contribution >= 0.6 is 0 Å². The second-order valence-corrected chi connectivity index (χ2v) is 5.06. The summed E-state index contributed by atoms with van der Waals surface area (Å²) in [5.41, 5.74) is 1.06. The molecule has 0 aromatic carbocycles. The summed E-state index contributed by atoms with van der Waals surface area (Å²) in [5.74, 6) is 0.0615. The standard InChI is InChI=1S/C13H24N2O2/c1-13(2,17-3)10-12(16)15-9-6-11-4-7-14-8-5-11/h4,14H,5-10H2,1-3H3,(H,15,16). The molecular formula is C13H24N2O2. The molecule has 0 aromatic heterocycles. The monoisotopic (exact) mass is 240 g/mol. The number of hydrogen-bond acceptors (Lipinski definition) is 3. The van der Waals surface area contributed by atoms with Gasteiger partial charge in [-0.15, -0.1) is 0 Å². The number of ether oxygens (including phenoxy) is 1. The predicted molar refractivity (Wildman–Crippen MR) is 68.9 cm³/mol. The fraction of sp³-hybridized carbons (Fsp3) is 0.769. The summed E-state index contributed by atoms with van der Waals surface area (Å²) in [6.07, 6.45) is 4.68. The van der Waals surface area contributed by atoms with Gasteiger partial charge in [-0.05, 0) is 33.2 Å². The van der Waals surface area contributed by atoms with Crippen LogP contribution in [0.1, 0.15) is 33.1 Å². The Kier molecular flexibility index (Phi) is 5.65. The third-order valence-electron chi connectivity index (χ3n) is 3.07. The van der Waals surface area contributed by atoms with E-state index in [1.807, 2.05) is 13.8 Å². The van der Waals surface area contributed by atoms with E-state index >= 15 is 0 Å². The first kappa shape index (κ1) is 14.2. The van der Waals surface area contributed by atoms with E-state index in [0.717, 1.165) is 32.5 Å². The van der Waals surface area contributed by atoms with Crippen LogP contribution in [-0.2, 0) is 9.53 Å². The summed E-state index contributed by atoms with van der Waals surface area (Å²) in [6.45, 7) is 6.57. The van der Waals surface area contributed by atoms with Crippen LogP contribution in [0.15, 0.2) is 11.6 Å². The second kappa shape index (κ2) is 6.77. The van der Waals surface area contributed by atoms with Gasteiger partial charge in [-0.1, -0.05) is 11.6 Å². The van der Waals surface area contributed by atoms with Crippen LogP contribution in [0.4, 0.5) is 0 Å². The second-order valence-electron chi connectivity index (χ2n) is 5.06. The van der Waals surface area contributed by atoms with Gasteiger partial charge in [0, 0.05) is 20.2 Å². The highest BCUT2D eigenvalue weighted by molar-refractivity contribution is 5.76. The third-order valence-corrected chi connectivity index (χ3v) is 3.07. The number of carbonyl (C=O) groups is 1. The largest absolute Gasteiger partial charge is 0.378 e. The molecule has 0 saturated heterocycles. The number of rotatable bonds is 6. The average molecular weight is 240 g/mol. The molecule has 4 nitrogen and oxygen atoms in total. The molecule has 0 bridgehead atoms. The van der Waals surface area contributed by atoms with Crippen molar-refractivity contribution < 1.29 is 9.53 Å². The molecule has 1 aliphatic rings. The minimum atomic E-state index is -0.377. The van der Waals surface area contributed by atoms with Crippen LogP contribution in [-0.4, -0.2) is 38.3 Å². The van der Waals surface area contributed by atoms with Crippen LogP contribution in [0.25, 0.3) is 0 Å². The highest BCUT2D eigenvalue weighted by Gasteiger charge is 2.20. The van der Waals surface area contributed by atoms with Gasteiger partial charge in [-0.2, -0.15) is 0 Å². The molecule has 2 N–H and O–H groups in total. The number of carbonyl (C=O) groups excluding carboxylic acids is 1. The van der Waals surface area contributed by atoms with Crippen molar-refractivity contribution in [1.82, 2.24) is 10.6 Å². The maximum Gasteiger partial charge on any atom is 0.222 e. The molecule has 17 heavy (non-hydrogen) atoms. The molecule has 98 valence electrons. The molecule has 0 aromatic rings. The lowest BCUT2D eigenvalue weighted by Crippen LogP contribution is -2.34. The van der Waals surface area contributed by atoms with E-state index in [0.29, 0.717) is 6.42 Å². The molecule has 4 heteroatoms. The maximum absolute atomic E-state index is 11.6. The summed E-state index contributed by atoms with van der Waals surface area (Å²) in [6, 6.07) is 0. The zero-order chi connectivity index (χ0) is 12.7. The lowest BCUT2D eigenvalue weighted by molar-refractivity contribution is -0.126. The smallest absolute Gasteiger partial charge is 0.222 e. The Balaban J connectivity index is 2.18. The van der Waals surface area contributed by atoms with Crippen LogP contribution in [0.3, 0.4) is 0 Å². The van der Waals surface area contributed by atoms with Crippen molar-refractivity contribution in [2.24, 2.45) is 0 Å². The van der Waals surface area contributed by atoms with Gasteiger partial charge in [0.05, 0.1) is 12.0 Å². The van der Waals surface area contributed by atoms with Gasteiger partial charge in [-0.25, -0.2) is 0 Å². The summed E-state index contributed by atoms with van der Waals surface area (Å²) in [4.78, 5) is 11.6. The maximum atomic E-state index is 11.6. The molecule has 0 spiro atoms. The Bertz CT molecular complexity index is 285. The number of methoxy groups -OCH3 is 1. The van der Waals surface area contributed by atoms with Gasteiger partial charge < -0.3 is 15.4 Å². The Labute approximate surface area is 104 Å². The van der Waals surface area contributed by atoms with Crippen molar-refractivity contribution in [3.63, 3.8) is 0 Å². The average Bonchev–Trinajstić information content (AvgIpc) is 2.30. The molecular weight excluding hydrogens is 216 g/mol. The molecule has 0 fully saturated rings. The minimum absolute atomic E-state index is 0.0615. The fourth-order valence-electron chi connectivity index (χ4n) is 1.78. The molecule has 0 aliphatic carbocycles. The molecule has 0 saturated carbocycles. The number of hydrogen-bond donors (Lipinski definition) is 2. The van der Waals surface area contributed by atoms with Gasteiger partial charge in [0.25, 0.3) is 0 Å². The van der Waals surface area contributed by atoms with E-state index in [4.69, 9.17) is 4.74 Å². The van der Waals surface area contributed by atoms with E-state index in [9.17, 15) is 4.79 Å². The normalized spacial score (nSPS) is 16.5. The third kappa shape index (κ3) is 5.84. The first-order valence-corrected chi connectivity index (χ1v) is 6.24. The summed E-state index contributed by atoms with van der Waals surface area (Å²) < 4.78 is 5.22. The molecule has 1 amide bonds. The molecule has 1 heterocycles. The zero-order valence-electron chi connectivity index (χ0n) is 11.1.